The van der Waals surface area contributed by atoms with Crippen molar-refractivity contribution in [1.29, 1.82) is 0 Å². The minimum absolute atomic E-state index is 0.249. The van der Waals surface area contributed by atoms with E-state index in [1.807, 2.05) is 26.0 Å². The average Bonchev–Trinajstić information content (AvgIpc) is 2.87. The molecule has 1 aromatic heterocycles. The first-order valence-corrected chi connectivity index (χ1v) is 9.09. The number of aryl methyl sites for hydroxylation is 2. The molecule has 5 nitrogen and oxygen atoms in total. The zero-order valence-corrected chi connectivity index (χ0v) is 15.4. The van der Waals surface area contributed by atoms with E-state index in [4.69, 9.17) is 11.6 Å². The quantitative estimate of drug-likeness (QED) is 0.884. The van der Waals surface area contributed by atoms with Crippen LogP contribution >= 0.6 is 11.6 Å². The van der Waals surface area contributed by atoms with Crippen LogP contribution in [0.15, 0.2) is 24.3 Å². The Bertz CT molecular complexity index is 770. The molecule has 1 aromatic carbocycles. The number of rotatable bonds is 3. The summed E-state index contributed by atoms with van der Waals surface area (Å²) in [5, 5.41) is 3.49. The number of carbonyl (C=O) groups excluding carboxylic acids is 1. The molecule has 3 rings (SSSR count). The lowest BCUT2D eigenvalue weighted by Gasteiger charge is -2.22. The first-order valence-electron chi connectivity index (χ1n) is 8.71. The molecule has 1 fully saturated rings. The van der Waals surface area contributed by atoms with E-state index < -0.39 is 0 Å². The Morgan fingerprint density at radius 2 is 1.80 bits per heavy atom. The molecule has 2 aromatic rings. The van der Waals surface area contributed by atoms with Crippen LogP contribution in [0.2, 0.25) is 5.02 Å². The molecule has 1 aliphatic heterocycles. The fraction of sp³-hybridized carbons (Fsp3) is 0.421. The molecule has 0 bridgehead atoms. The topological polar surface area (TPSA) is 58.1 Å². The van der Waals surface area contributed by atoms with Gasteiger partial charge in [-0.3, -0.25) is 4.79 Å². The van der Waals surface area contributed by atoms with Gasteiger partial charge in [0.25, 0.3) is 5.91 Å². The van der Waals surface area contributed by atoms with Crippen LogP contribution in [-0.4, -0.2) is 29.0 Å². The van der Waals surface area contributed by atoms with Crippen molar-refractivity contribution >= 4 is 29.0 Å². The summed E-state index contributed by atoms with van der Waals surface area (Å²) >= 11 is 6.13. The SMILES string of the molecule is Cc1nc(C(=O)Nc2ccc(C)c(Cl)c2)cc(N2CCCCCC2)n1. The third-order valence-electron chi connectivity index (χ3n) is 4.42. The van der Waals surface area contributed by atoms with E-state index in [1.54, 1.807) is 12.1 Å². The predicted octanol–water partition coefficient (Wildman–Crippen LogP) is 4.38. The number of benzene rings is 1. The molecule has 1 N–H and O–H groups in total. The van der Waals surface area contributed by atoms with Gasteiger partial charge in [-0.2, -0.15) is 0 Å². The van der Waals surface area contributed by atoms with E-state index in [9.17, 15) is 4.79 Å². The fourth-order valence-electron chi connectivity index (χ4n) is 3.00. The third kappa shape index (κ3) is 4.48. The van der Waals surface area contributed by atoms with Crippen LogP contribution in [0.3, 0.4) is 0 Å². The van der Waals surface area contributed by atoms with Crippen molar-refractivity contribution in [1.82, 2.24) is 9.97 Å². The Kier molecular flexibility index (Phi) is 5.53. The molecule has 0 aliphatic carbocycles. The second-order valence-corrected chi connectivity index (χ2v) is 6.89. The highest BCUT2D eigenvalue weighted by Crippen LogP contribution is 2.22. The van der Waals surface area contributed by atoms with E-state index in [1.165, 1.54) is 12.8 Å². The van der Waals surface area contributed by atoms with Gasteiger partial charge in [0.05, 0.1) is 0 Å². The second-order valence-electron chi connectivity index (χ2n) is 6.48. The summed E-state index contributed by atoms with van der Waals surface area (Å²) in [6.45, 7) is 5.70. The zero-order valence-electron chi connectivity index (χ0n) is 14.7. The minimum atomic E-state index is -0.249. The lowest BCUT2D eigenvalue weighted by molar-refractivity contribution is 0.102. The van der Waals surface area contributed by atoms with Crippen LogP contribution in [0.25, 0.3) is 0 Å². The van der Waals surface area contributed by atoms with E-state index >= 15 is 0 Å². The van der Waals surface area contributed by atoms with Gasteiger partial charge in [0, 0.05) is 29.9 Å². The highest BCUT2D eigenvalue weighted by atomic mass is 35.5. The zero-order chi connectivity index (χ0) is 17.8. The van der Waals surface area contributed by atoms with Gasteiger partial charge in [0.2, 0.25) is 0 Å². The van der Waals surface area contributed by atoms with Crippen molar-refractivity contribution in [3.05, 3.63) is 46.4 Å². The Morgan fingerprint density at radius 1 is 1.08 bits per heavy atom. The summed E-state index contributed by atoms with van der Waals surface area (Å²) in [7, 11) is 0. The molecule has 2 heterocycles. The van der Waals surface area contributed by atoms with Crippen LogP contribution in [-0.2, 0) is 0 Å². The number of nitrogens with zero attached hydrogens (tertiary/aromatic N) is 3. The average molecular weight is 359 g/mol. The molecule has 1 saturated heterocycles. The number of aromatic nitrogens is 2. The molecule has 1 amide bonds. The summed E-state index contributed by atoms with van der Waals surface area (Å²) in [6.07, 6.45) is 4.82. The van der Waals surface area contributed by atoms with Crippen LogP contribution in [0.4, 0.5) is 11.5 Å². The molecule has 0 unspecified atom stereocenters. The third-order valence-corrected chi connectivity index (χ3v) is 4.82. The molecule has 0 saturated carbocycles. The van der Waals surface area contributed by atoms with Crippen molar-refractivity contribution in [2.75, 3.05) is 23.3 Å². The lowest BCUT2D eigenvalue weighted by atomic mass is 10.2. The second kappa shape index (κ2) is 7.83. The van der Waals surface area contributed by atoms with Crippen LogP contribution in [0, 0.1) is 13.8 Å². The van der Waals surface area contributed by atoms with Gasteiger partial charge in [0.1, 0.15) is 17.3 Å². The fourth-order valence-corrected chi connectivity index (χ4v) is 3.18. The molecule has 0 atom stereocenters. The maximum Gasteiger partial charge on any atom is 0.274 e. The highest BCUT2D eigenvalue weighted by molar-refractivity contribution is 6.31. The van der Waals surface area contributed by atoms with E-state index in [0.717, 1.165) is 37.3 Å². The van der Waals surface area contributed by atoms with Gasteiger partial charge in [-0.05, 0) is 44.4 Å². The first-order chi connectivity index (χ1) is 12.0. The Labute approximate surface area is 153 Å². The maximum atomic E-state index is 12.6. The number of carbonyl (C=O) groups is 1. The van der Waals surface area contributed by atoms with Crippen molar-refractivity contribution in [3.8, 4) is 0 Å². The van der Waals surface area contributed by atoms with Crippen molar-refractivity contribution in [2.24, 2.45) is 0 Å². The van der Waals surface area contributed by atoms with Crippen molar-refractivity contribution in [2.45, 2.75) is 39.5 Å². The molecule has 0 spiro atoms. The van der Waals surface area contributed by atoms with Crippen LogP contribution < -0.4 is 10.2 Å². The minimum Gasteiger partial charge on any atom is -0.356 e. The largest absolute Gasteiger partial charge is 0.356 e. The normalized spacial score (nSPS) is 14.9. The number of anilines is 2. The van der Waals surface area contributed by atoms with Crippen LogP contribution in [0.5, 0.6) is 0 Å². The molecular weight excluding hydrogens is 336 g/mol. The van der Waals surface area contributed by atoms with Gasteiger partial charge in [-0.1, -0.05) is 30.5 Å². The molecule has 25 heavy (non-hydrogen) atoms. The van der Waals surface area contributed by atoms with Crippen LogP contribution in [0.1, 0.15) is 47.6 Å². The Balaban J connectivity index is 1.80. The first kappa shape index (κ1) is 17.7. The standard InChI is InChI=1S/C19H23ClN4O/c1-13-7-8-15(11-16(13)20)23-19(25)17-12-18(22-14(2)21-17)24-9-5-3-4-6-10-24/h7-8,11-12H,3-6,9-10H2,1-2H3,(H,23,25). The van der Waals surface area contributed by atoms with Gasteiger partial charge in [-0.25, -0.2) is 9.97 Å². The lowest BCUT2D eigenvalue weighted by Crippen LogP contribution is -2.26. The number of hydrogen-bond acceptors (Lipinski definition) is 4. The van der Waals surface area contributed by atoms with Gasteiger partial charge in [-0.15, -0.1) is 0 Å². The number of amides is 1. The molecule has 0 radical (unpaired) electrons. The van der Waals surface area contributed by atoms with Gasteiger partial charge in [0.15, 0.2) is 0 Å². The molecule has 6 heteroatoms. The summed E-state index contributed by atoms with van der Waals surface area (Å²) in [6, 6.07) is 7.25. The Morgan fingerprint density at radius 3 is 2.48 bits per heavy atom. The number of halogens is 1. The van der Waals surface area contributed by atoms with Crippen molar-refractivity contribution in [3.63, 3.8) is 0 Å². The monoisotopic (exact) mass is 358 g/mol. The summed E-state index contributed by atoms with van der Waals surface area (Å²) in [5.74, 6) is 1.19. The number of hydrogen-bond donors (Lipinski definition) is 1. The smallest absolute Gasteiger partial charge is 0.274 e. The van der Waals surface area contributed by atoms with Gasteiger partial charge >= 0.3 is 0 Å². The summed E-state index contributed by atoms with van der Waals surface area (Å²) in [5.41, 5.74) is 2.01. The van der Waals surface area contributed by atoms with Crippen molar-refractivity contribution < 1.29 is 4.79 Å². The van der Waals surface area contributed by atoms with E-state index in [-0.39, 0.29) is 5.91 Å². The summed E-state index contributed by atoms with van der Waals surface area (Å²) < 4.78 is 0. The van der Waals surface area contributed by atoms with E-state index in [2.05, 4.69) is 20.2 Å². The molecule has 132 valence electrons. The maximum absolute atomic E-state index is 12.6. The van der Waals surface area contributed by atoms with E-state index in [0.29, 0.717) is 22.2 Å². The molecular formula is C19H23ClN4O. The number of nitrogens with one attached hydrogen (secondary N) is 1. The highest BCUT2D eigenvalue weighted by Gasteiger charge is 2.16. The molecule has 1 aliphatic rings. The Hall–Kier alpha value is -2.14. The summed E-state index contributed by atoms with van der Waals surface area (Å²) in [4.78, 5) is 23.7. The van der Waals surface area contributed by atoms with Gasteiger partial charge < -0.3 is 10.2 Å². The predicted molar refractivity (Wildman–Crippen MR) is 102 cm³/mol.